The van der Waals surface area contributed by atoms with Crippen LogP contribution in [0.25, 0.3) is 28.0 Å². The van der Waals surface area contributed by atoms with Gasteiger partial charge in [-0.2, -0.15) is 9.61 Å². The molecule has 0 unspecified atom stereocenters. The minimum absolute atomic E-state index is 0.0916. The lowest BCUT2D eigenvalue weighted by Gasteiger charge is -2.26. The zero-order valence-electron chi connectivity index (χ0n) is 17.9. The van der Waals surface area contributed by atoms with E-state index in [-0.39, 0.29) is 11.8 Å². The second-order valence-corrected chi connectivity index (χ2v) is 9.23. The number of nitrogens with two attached hydrogens (primary N) is 1. The molecule has 5 rings (SSSR count). The number of pyridine rings is 1. The molecule has 1 aromatic carbocycles. The number of halogens is 3. The number of anilines is 1. The van der Waals surface area contributed by atoms with E-state index in [4.69, 9.17) is 10.7 Å². The van der Waals surface area contributed by atoms with Crippen LogP contribution in [0.5, 0.6) is 0 Å². The molecule has 1 aliphatic carbocycles. The molecule has 1 fully saturated rings. The largest absolute Gasteiger partial charge is 0.481 e. The van der Waals surface area contributed by atoms with Crippen LogP contribution >= 0.6 is 15.9 Å². The van der Waals surface area contributed by atoms with E-state index in [1.54, 1.807) is 23.0 Å². The Labute approximate surface area is 201 Å². The zero-order valence-corrected chi connectivity index (χ0v) is 19.5. The molecular weight excluding hydrogens is 508 g/mol. The Bertz CT molecular complexity index is 1400. The molecule has 0 radical (unpaired) electrons. The number of nitrogens with zero attached hydrogens (tertiary/aromatic N) is 4. The van der Waals surface area contributed by atoms with Crippen LogP contribution in [0.4, 0.5) is 14.6 Å². The molecule has 1 saturated carbocycles. The highest BCUT2D eigenvalue weighted by Gasteiger charge is 2.30. The zero-order chi connectivity index (χ0) is 24.0. The fourth-order valence-electron chi connectivity index (χ4n) is 4.48. The summed E-state index contributed by atoms with van der Waals surface area (Å²) in [6, 6.07) is 7.19. The molecule has 174 valence electrons. The molecule has 0 bridgehead atoms. The van der Waals surface area contributed by atoms with Crippen molar-refractivity contribution in [1.82, 2.24) is 19.6 Å². The fraction of sp³-hybridized carbons (Fsp3) is 0.250. The van der Waals surface area contributed by atoms with Crippen LogP contribution in [0, 0.1) is 17.6 Å². The van der Waals surface area contributed by atoms with Crippen molar-refractivity contribution in [3.8, 4) is 22.4 Å². The maximum absolute atomic E-state index is 13.6. The molecule has 0 saturated heterocycles. The summed E-state index contributed by atoms with van der Waals surface area (Å²) in [4.78, 5) is 20.6. The standard InChI is InChI=1S/C24H20BrF2N5O2/c25-20-21(12-1-3-13(4-2-12)24(33)34)31-23-16(11-30-32(23)22(20)28)15-6-8-19(29-10-15)14-5-7-17(26)18(27)9-14/h5-13H,1-4,28H2,(H,33,34). The molecule has 7 nitrogen and oxygen atoms in total. The van der Waals surface area contributed by atoms with Crippen LogP contribution in [0.15, 0.2) is 47.2 Å². The highest BCUT2D eigenvalue weighted by Crippen LogP contribution is 2.40. The summed E-state index contributed by atoms with van der Waals surface area (Å²) >= 11 is 3.56. The van der Waals surface area contributed by atoms with Crippen molar-refractivity contribution in [2.75, 3.05) is 5.73 Å². The molecule has 1 aliphatic rings. The van der Waals surface area contributed by atoms with Crippen molar-refractivity contribution in [2.45, 2.75) is 31.6 Å². The summed E-state index contributed by atoms with van der Waals surface area (Å²) < 4.78 is 29.1. The van der Waals surface area contributed by atoms with E-state index in [2.05, 4.69) is 26.0 Å². The number of rotatable bonds is 4. The van der Waals surface area contributed by atoms with Gasteiger partial charge in [0.25, 0.3) is 0 Å². The minimum Gasteiger partial charge on any atom is -0.481 e. The van der Waals surface area contributed by atoms with Gasteiger partial charge in [0.2, 0.25) is 0 Å². The molecule has 0 atom stereocenters. The topological polar surface area (TPSA) is 106 Å². The summed E-state index contributed by atoms with van der Waals surface area (Å²) in [7, 11) is 0. The number of nitrogen functional groups attached to an aromatic ring is 1. The van der Waals surface area contributed by atoms with Gasteiger partial charge in [-0.25, -0.2) is 13.8 Å². The monoisotopic (exact) mass is 527 g/mol. The van der Waals surface area contributed by atoms with Crippen molar-refractivity contribution < 1.29 is 18.7 Å². The van der Waals surface area contributed by atoms with Gasteiger partial charge < -0.3 is 10.8 Å². The highest BCUT2D eigenvalue weighted by molar-refractivity contribution is 9.10. The second-order valence-electron chi connectivity index (χ2n) is 8.44. The van der Waals surface area contributed by atoms with Gasteiger partial charge in [0.05, 0.1) is 28.0 Å². The van der Waals surface area contributed by atoms with E-state index < -0.39 is 17.6 Å². The average Bonchev–Trinajstić information content (AvgIpc) is 3.27. The third-order valence-corrected chi connectivity index (χ3v) is 7.21. The van der Waals surface area contributed by atoms with E-state index in [1.165, 1.54) is 6.07 Å². The average molecular weight is 528 g/mol. The first kappa shape index (κ1) is 22.4. The Kier molecular flexibility index (Phi) is 5.76. The van der Waals surface area contributed by atoms with Gasteiger partial charge in [-0.3, -0.25) is 9.78 Å². The van der Waals surface area contributed by atoms with Crippen LogP contribution in [0.2, 0.25) is 0 Å². The number of aromatic nitrogens is 4. The summed E-state index contributed by atoms with van der Waals surface area (Å²) in [5, 5.41) is 13.7. The first-order valence-electron chi connectivity index (χ1n) is 10.8. The lowest BCUT2D eigenvalue weighted by atomic mass is 9.80. The third-order valence-electron chi connectivity index (χ3n) is 6.40. The summed E-state index contributed by atoms with van der Waals surface area (Å²) in [6.07, 6.45) is 5.91. The van der Waals surface area contributed by atoms with E-state index in [0.29, 0.717) is 52.9 Å². The van der Waals surface area contributed by atoms with Gasteiger partial charge in [0.1, 0.15) is 5.82 Å². The van der Waals surface area contributed by atoms with Crippen molar-refractivity contribution in [2.24, 2.45) is 5.92 Å². The normalized spacial score (nSPS) is 18.3. The van der Waals surface area contributed by atoms with Gasteiger partial charge in [0, 0.05) is 28.8 Å². The maximum Gasteiger partial charge on any atom is 0.306 e. The predicted molar refractivity (Wildman–Crippen MR) is 126 cm³/mol. The smallest absolute Gasteiger partial charge is 0.306 e. The second kappa shape index (κ2) is 8.75. The SMILES string of the molecule is Nc1c(Br)c(C2CCC(C(=O)O)CC2)nc2c(-c3ccc(-c4ccc(F)c(F)c4)nc3)cnn12. The van der Waals surface area contributed by atoms with Crippen LogP contribution in [-0.4, -0.2) is 30.7 Å². The number of carboxylic acid groups (broad SMARTS) is 1. The molecule has 0 aliphatic heterocycles. The minimum atomic E-state index is -0.929. The summed E-state index contributed by atoms with van der Waals surface area (Å²) in [5.74, 6) is -2.40. The Balaban J connectivity index is 1.50. The molecule has 3 aromatic heterocycles. The predicted octanol–water partition coefficient (Wildman–Crippen LogP) is 5.44. The molecule has 4 aromatic rings. The lowest BCUT2D eigenvalue weighted by molar-refractivity contribution is -0.142. The molecule has 10 heteroatoms. The Morgan fingerprint density at radius 3 is 2.44 bits per heavy atom. The van der Waals surface area contributed by atoms with Gasteiger partial charge in [-0.1, -0.05) is 6.07 Å². The van der Waals surface area contributed by atoms with E-state index >= 15 is 0 Å². The van der Waals surface area contributed by atoms with Gasteiger partial charge in [-0.05, 0) is 65.9 Å². The highest BCUT2D eigenvalue weighted by atomic mass is 79.9. The van der Waals surface area contributed by atoms with Crippen molar-refractivity contribution >= 4 is 33.4 Å². The summed E-state index contributed by atoms with van der Waals surface area (Å²) in [5.41, 5.74) is 10.2. The fourth-order valence-corrected chi connectivity index (χ4v) is 5.06. The number of hydrogen-bond acceptors (Lipinski definition) is 5. The van der Waals surface area contributed by atoms with E-state index in [9.17, 15) is 18.7 Å². The molecule has 3 N–H and O–H groups in total. The number of benzene rings is 1. The molecule has 0 amide bonds. The van der Waals surface area contributed by atoms with Crippen LogP contribution in [0.1, 0.15) is 37.3 Å². The number of hydrogen-bond donors (Lipinski definition) is 2. The van der Waals surface area contributed by atoms with Crippen LogP contribution in [0.3, 0.4) is 0 Å². The Hall–Kier alpha value is -3.40. The van der Waals surface area contributed by atoms with Crippen LogP contribution in [-0.2, 0) is 4.79 Å². The number of carbonyl (C=O) groups is 1. The van der Waals surface area contributed by atoms with Gasteiger partial charge >= 0.3 is 5.97 Å². The Morgan fingerprint density at radius 2 is 1.79 bits per heavy atom. The number of fused-ring (bicyclic) bond motifs is 1. The molecule has 0 spiro atoms. The van der Waals surface area contributed by atoms with Crippen molar-refractivity contribution in [3.05, 3.63) is 64.5 Å². The third kappa shape index (κ3) is 3.91. The maximum atomic E-state index is 13.6. The Morgan fingerprint density at radius 1 is 1.06 bits per heavy atom. The molecule has 34 heavy (non-hydrogen) atoms. The molecule has 3 heterocycles. The van der Waals surface area contributed by atoms with Gasteiger partial charge in [0.15, 0.2) is 17.3 Å². The number of carboxylic acids is 1. The molecular formula is C24H20BrF2N5O2. The van der Waals surface area contributed by atoms with E-state index in [1.807, 2.05) is 6.07 Å². The van der Waals surface area contributed by atoms with Crippen LogP contribution < -0.4 is 5.73 Å². The van der Waals surface area contributed by atoms with E-state index in [0.717, 1.165) is 29.0 Å². The lowest BCUT2D eigenvalue weighted by Crippen LogP contribution is -2.21. The first-order valence-corrected chi connectivity index (χ1v) is 11.6. The number of aliphatic carboxylic acids is 1. The quantitative estimate of drug-likeness (QED) is 0.366. The first-order chi connectivity index (χ1) is 16.3. The van der Waals surface area contributed by atoms with Gasteiger partial charge in [-0.15, -0.1) is 0 Å². The van der Waals surface area contributed by atoms with Crippen molar-refractivity contribution in [1.29, 1.82) is 0 Å². The van der Waals surface area contributed by atoms with Crippen molar-refractivity contribution in [3.63, 3.8) is 0 Å². The summed E-state index contributed by atoms with van der Waals surface area (Å²) in [6.45, 7) is 0.